The fourth-order valence-corrected chi connectivity index (χ4v) is 3.85. The molecule has 1 atom stereocenters. The number of rotatable bonds is 4. The molecule has 144 valence electrons. The van der Waals surface area contributed by atoms with Crippen LogP contribution in [-0.2, 0) is 16.0 Å². The third kappa shape index (κ3) is 4.22. The second kappa shape index (κ2) is 7.09. The van der Waals surface area contributed by atoms with E-state index in [0.717, 1.165) is 35.2 Å². The van der Waals surface area contributed by atoms with E-state index >= 15 is 0 Å². The molecule has 2 aromatic rings. The summed E-state index contributed by atoms with van der Waals surface area (Å²) in [5.41, 5.74) is 2.02. The van der Waals surface area contributed by atoms with Crippen molar-refractivity contribution in [3.8, 4) is 0 Å². The van der Waals surface area contributed by atoms with Gasteiger partial charge in [-0.15, -0.1) is 0 Å². The number of allylic oxidation sites excluding steroid dienone is 2. The molecule has 1 heterocycles. The van der Waals surface area contributed by atoms with Crippen molar-refractivity contribution < 1.29 is 26.7 Å². The highest BCUT2D eigenvalue weighted by molar-refractivity contribution is 7.90. The van der Waals surface area contributed by atoms with Crippen LogP contribution in [0.2, 0.25) is 0 Å². The number of aliphatic hydroxyl groups excluding tert-OH is 1. The van der Waals surface area contributed by atoms with Crippen molar-refractivity contribution in [2.24, 2.45) is 5.92 Å². The molecule has 0 aliphatic heterocycles. The summed E-state index contributed by atoms with van der Waals surface area (Å²) in [6, 6.07) is 8.68. The lowest BCUT2D eigenvalue weighted by atomic mass is 9.99. The van der Waals surface area contributed by atoms with Crippen LogP contribution in [0.15, 0.2) is 47.5 Å². The molecular weight excluding hydrogens is 379 g/mol. The van der Waals surface area contributed by atoms with Crippen molar-refractivity contribution in [2.45, 2.75) is 23.9 Å². The van der Waals surface area contributed by atoms with Crippen LogP contribution >= 0.6 is 0 Å². The molecule has 0 amide bonds. The van der Waals surface area contributed by atoms with Crippen molar-refractivity contribution >= 4 is 21.0 Å². The van der Waals surface area contributed by atoms with Crippen molar-refractivity contribution in [2.75, 3.05) is 12.9 Å². The van der Waals surface area contributed by atoms with Gasteiger partial charge in [0.05, 0.1) is 16.2 Å². The quantitative estimate of drug-likeness (QED) is 0.852. The number of sulfone groups is 1. The zero-order chi connectivity index (χ0) is 19.8. The van der Waals surface area contributed by atoms with E-state index in [-0.39, 0.29) is 17.4 Å². The molecule has 0 saturated carbocycles. The predicted molar refractivity (Wildman–Crippen MR) is 95.4 cm³/mol. The molecule has 4 nitrogen and oxygen atoms in total. The Bertz CT molecular complexity index is 963. The van der Waals surface area contributed by atoms with Gasteiger partial charge in [-0.25, -0.2) is 8.42 Å². The van der Waals surface area contributed by atoms with E-state index in [9.17, 15) is 26.7 Å². The van der Waals surface area contributed by atoms with E-state index in [1.165, 1.54) is 18.2 Å². The number of aliphatic hydroxyl groups is 1. The van der Waals surface area contributed by atoms with Crippen molar-refractivity contribution in [1.82, 2.24) is 4.98 Å². The minimum absolute atomic E-state index is 0.0466. The van der Waals surface area contributed by atoms with Gasteiger partial charge >= 0.3 is 6.18 Å². The first-order valence-electron chi connectivity index (χ1n) is 8.26. The number of hydrogen-bond acceptors (Lipinski definition) is 4. The molecule has 3 rings (SSSR count). The Morgan fingerprint density at radius 2 is 1.70 bits per heavy atom. The maximum absolute atomic E-state index is 12.8. The van der Waals surface area contributed by atoms with Crippen LogP contribution in [0.3, 0.4) is 0 Å². The van der Waals surface area contributed by atoms with Crippen molar-refractivity contribution in [3.63, 3.8) is 0 Å². The number of benzene rings is 1. The second-order valence-corrected chi connectivity index (χ2v) is 8.66. The number of pyridine rings is 1. The van der Waals surface area contributed by atoms with E-state index < -0.39 is 21.6 Å². The molecule has 1 aliphatic rings. The van der Waals surface area contributed by atoms with Gasteiger partial charge in [0, 0.05) is 19.1 Å². The Morgan fingerprint density at radius 1 is 1.07 bits per heavy atom. The fourth-order valence-electron chi connectivity index (χ4n) is 3.22. The van der Waals surface area contributed by atoms with Gasteiger partial charge < -0.3 is 5.11 Å². The minimum atomic E-state index is -4.45. The third-order valence-electron chi connectivity index (χ3n) is 4.64. The topological polar surface area (TPSA) is 67.3 Å². The summed E-state index contributed by atoms with van der Waals surface area (Å²) in [4.78, 5) is 4.17. The van der Waals surface area contributed by atoms with Gasteiger partial charge in [0.2, 0.25) is 0 Å². The Labute approximate surface area is 155 Å². The molecule has 0 fully saturated rings. The summed E-state index contributed by atoms with van der Waals surface area (Å²) in [7, 11) is -3.32. The first-order valence-corrected chi connectivity index (χ1v) is 10.2. The van der Waals surface area contributed by atoms with Crippen molar-refractivity contribution in [1.29, 1.82) is 0 Å². The molecule has 1 aromatic carbocycles. The summed E-state index contributed by atoms with van der Waals surface area (Å²) >= 11 is 0. The highest BCUT2D eigenvalue weighted by Crippen LogP contribution is 2.42. The number of alkyl halides is 3. The molecule has 0 bridgehead atoms. The lowest BCUT2D eigenvalue weighted by Crippen LogP contribution is -2.06. The Morgan fingerprint density at radius 3 is 2.19 bits per heavy atom. The van der Waals surface area contributed by atoms with E-state index in [4.69, 9.17) is 0 Å². The summed E-state index contributed by atoms with van der Waals surface area (Å²) in [5.74, 6) is -0.0475. The average Bonchev–Trinajstić information content (AvgIpc) is 3.05. The molecule has 1 unspecified atom stereocenters. The number of aromatic nitrogens is 1. The van der Waals surface area contributed by atoms with Gasteiger partial charge in [-0.3, -0.25) is 4.98 Å². The molecule has 0 saturated heterocycles. The number of hydrogen-bond donors (Lipinski definition) is 1. The average molecular weight is 397 g/mol. The molecule has 1 N–H and O–H groups in total. The maximum Gasteiger partial charge on any atom is 0.417 e. The summed E-state index contributed by atoms with van der Waals surface area (Å²) < 4.78 is 61.5. The maximum atomic E-state index is 12.8. The Balaban J connectivity index is 2.01. The van der Waals surface area contributed by atoms with Gasteiger partial charge in [0.15, 0.2) is 9.84 Å². The van der Waals surface area contributed by atoms with Gasteiger partial charge in [-0.2, -0.15) is 13.2 Å². The molecule has 0 spiro atoms. The molecule has 1 aromatic heterocycles. The lowest BCUT2D eigenvalue weighted by Gasteiger charge is -2.10. The minimum Gasteiger partial charge on any atom is -0.396 e. The van der Waals surface area contributed by atoms with Gasteiger partial charge in [0.1, 0.15) is 0 Å². The summed E-state index contributed by atoms with van der Waals surface area (Å²) in [6.07, 6.45) is -1.48. The summed E-state index contributed by atoms with van der Waals surface area (Å²) in [5, 5.41) is 9.52. The molecule has 1 aliphatic carbocycles. The number of halogens is 3. The highest BCUT2D eigenvalue weighted by atomic mass is 32.2. The van der Waals surface area contributed by atoms with Crippen LogP contribution in [0.5, 0.6) is 0 Å². The van der Waals surface area contributed by atoms with Gasteiger partial charge in [-0.1, -0.05) is 12.1 Å². The molecule has 0 radical (unpaired) electrons. The van der Waals surface area contributed by atoms with Crippen molar-refractivity contribution in [3.05, 3.63) is 59.4 Å². The van der Waals surface area contributed by atoms with E-state index in [1.54, 1.807) is 12.1 Å². The highest BCUT2D eigenvalue weighted by Gasteiger charge is 2.32. The van der Waals surface area contributed by atoms with Crippen LogP contribution < -0.4 is 0 Å². The van der Waals surface area contributed by atoms with Crippen LogP contribution in [0.25, 0.3) is 11.1 Å². The van der Waals surface area contributed by atoms with Crippen LogP contribution in [-0.4, -0.2) is 31.4 Å². The van der Waals surface area contributed by atoms with Crippen LogP contribution in [0.1, 0.15) is 29.7 Å². The van der Waals surface area contributed by atoms with Crippen LogP contribution in [0.4, 0.5) is 13.2 Å². The number of nitrogens with zero attached hydrogens (tertiary/aromatic N) is 1. The monoisotopic (exact) mass is 397 g/mol. The van der Waals surface area contributed by atoms with E-state index in [1.807, 2.05) is 0 Å². The molecule has 8 heteroatoms. The first-order chi connectivity index (χ1) is 12.6. The second-order valence-electron chi connectivity index (χ2n) is 6.64. The zero-order valence-electron chi connectivity index (χ0n) is 14.5. The van der Waals surface area contributed by atoms with Crippen LogP contribution in [0, 0.1) is 5.92 Å². The normalized spacial score (nSPS) is 18.2. The standard InChI is InChI=1S/C19H18F3NO3S/c1-27(25,26)15-5-2-13(3-6-15)16-8-12(11-24)9-17(16)18-7-4-14(10-23-18)19(20,21)22/h2-7,10,12,24H,8-9,11H2,1H3. The van der Waals surface area contributed by atoms with Gasteiger partial charge in [0.25, 0.3) is 0 Å². The predicted octanol–water partition coefficient (Wildman–Crippen LogP) is 3.82. The fraction of sp³-hybridized carbons (Fsp3) is 0.316. The van der Waals surface area contributed by atoms with E-state index in [0.29, 0.717) is 18.5 Å². The van der Waals surface area contributed by atoms with E-state index in [2.05, 4.69) is 4.98 Å². The summed E-state index contributed by atoms with van der Waals surface area (Å²) in [6.45, 7) is -0.0466. The Hall–Kier alpha value is -2.19. The smallest absolute Gasteiger partial charge is 0.396 e. The third-order valence-corrected chi connectivity index (χ3v) is 5.77. The first kappa shape index (κ1) is 19.6. The molecule has 27 heavy (non-hydrogen) atoms. The van der Waals surface area contributed by atoms with Gasteiger partial charge in [-0.05, 0) is 59.7 Å². The zero-order valence-corrected chi connectivity index (χ0v) is 15.3. The Kier molecular flexibility index (Phi) is 5.14. The lowest BCUT2D eigenvalue weighted by molar-refractivity contribution is -0.137. The SMILES string of the molecule is CS(=O)(=O)c1ccc(C2=C(c3ccc(C(F)(F)F)cn3)CC(CO)C2)cc1. The molecular formula is C19H18F3NO3S. The largest absolute Gasteiger partial charge is 0.417 e.